The molecule has 4 nitrogen and oxygen atoms in total. The van der Waals surface area contributed by atoms with Crippen LogP contribution in [0.25, 0.3) is 0 Å². The molecule has 1 heterocycles. The van der Waals surface area contributed by atoms with Crippen molar-refractivity contribution in [2.45, 2.75) is 44.6 Å². The molecule has 0 bridgehead atoms. The molecule has 1 saturated heterocycles. The molecular formula is C17H27ClIN3O. The van der Waals surface area contributed by atoms with Gasteiger partial charge in [0.1, 0.15) is 0 Å². The minimum atomic E-state index is -0.0850. The van der Waals surface area contributed by atoms with Crippen molar-refractivity contribution in [2.24, 2.45) is 10.7 Å². The van der Waals surface area contributed by atoms with Gasteiger partial charge in [-0.15, -0.1) is 24.0 Å². The Labute approximate surface area is 161 Å². The summed E-state index contributed by atoms with van der Waals surface area (Å²) >= 11 is 6.43. The lowest BCUT2D eigenvalue weighted by Crippen LogP contribution is -2.41. The Kier molecular flexibility index (Phi) is 8.64. The summed E-state index contributed by atoms with van der Waals surface area (Å²) in [4.78, 5) is 4.59. The SMILES string of the molecule is CCC(C)NC(N)=NCC1(c2ccccc2Cl)CCOCC1.I. The molecule has 1 fully saturated rings. The summed E-state index contributed by atoms with van der Waals surface area (Å²) in [6.45, 7) is 6.32. The average Bonchev–Trinajstić information content (AvgIpc) is 2.54. The smallest absolute Gasteiger partial charge is 0.188 e. The Bertz CT molecular complexity index is 518. The number of benzene rings is 1. The highest BCUT2D eigenvalue weighted by Gasteiger charge is 2.35. The van der Waals surface area contributed by atoms with Gasteiger partial charge in [-0.05, 0) is 37.8 Å². The van der Waals surface area contributed by atoms with Crippen molar-refractivity contribution in [1.29, 1.82) is 0 Å². The van der Waals surface area contributed by atoms with Crippen molar-refractivity contribution in [3.8, 4) is 0 Å². The number of aliphatic imine (C=N–C) groups is 1. The highest BCUT2D eigenvalue weighted by atomic mass is 127. The summed E-state index contributed by atoms with van der Waals surface area (Å²) < 4.78 is 5.54. The maximum atomic E-state index is 6.43. The van der Waals surface area contributed by atoms with Gasteiger partial charge in [-0.2, -0.15) is 0 Å². The summed E-state index contributed by atoms with van der Waals surface area (Å²) in [6.07, 6.45) is 2.84. The molecule has 1 aliphatic rings. The number of nitrogens with one attached hydrogen (secondary N) is 1. The molecule has 23 heavy (non-hydrogen) atoms. The summed E-state index contributed by atoms with van der Waals surface area (Å²) in [5, 5.41) is 4.02. The molecule has 2 rings (SSSR count). The van der Waals surface area contributed by atoms with Crippen molar-refractivity contribution in [2.75, 3.05) is 19.8 Å². The van der Waals surface area contributed by atoms with Crippen molar-refractivity contribution < 1.29 is 4.74 Å². The van der Waals surface area contributed by atoms with Gasteiger partial charge >= 0.3 is 0 Å². The standard InChI is InChI=1S/C17H26ClN3O.HI/c1-3-13(2)21-16(19)20-12-17(8-10-22-11-9-17)14-6-4-5-7-15(14)18;/h4-7,13H,3,8-12H2,1-2H3,(H3,19,20,21);1H. The number of hydrogen-bond donors (Lipinski definition) is 2. The minimum Gasteiger partial charge on any atom is -0.381 e. The van der Waals surface area contributed by atoms with Crippen LogP contribution in [0.1, 0.15) is 38.7 Å². The molecule has 1 aliphatic heterocycles. The lowest BCUT2D eigenvalue weighted by atomic mass is 9.74. The van der Waals surface area contributed by atoms with Crippen LogP contribution < -0.4 is 11.1 Å². The van der Waals surface area contributed by atoms with Crippen molar-refractivity contribution in [3.63, 3.8) is 0 Å². The zero-order valence-electron chi connectivity index (χ0n) is 13.8. The normalized spacial score (nSPS) is 18.8. The first kappa shape index (κ1) is 20.5. The van der Waals surface area contributed by atoms with Gasteiger partial charge in [-0.25, -0.2) is 0 Å². The highest BCUT2D eigenvalue weighted by Crippen LogP contribution is 2.38. The number of nitrogens with two attached hydrogens (primary N) is 1. The summed E-state index contributed by atoms with van der Waals surface area (Å²) in [6, 6.07) is 8.36. The van der Waals surface area contributed by atoms with E-state index in [4.69, 9.17) is 22.1 Å². The zero-order chi connectivity index (χ0) is 16.0. The highest BCUT2D eigenvalue weighted by molar-refractivity contribution is 14.0. The van der Waals surface area contributed by atoms with Crippen molar-refractivity contribution in [1.82, 2.24) is 5.32 Å². The number of guanidine groups is 1. The molecule has 1 atom stereocenters. The van der Waals surface area contributed by atoms with Gasteiger partial charge in [0.15, 0.2) is 5.96 Å². The van der Waals surface area contributed by atoms with E-state index in [0.29, 0.717) is 18.5 Å². The Morgan fingerprint density at radius 3 is 2.65 bits per heavy atom. The second kappa shape index (κ2) is 9.69. The number of rotatable bonds is 5. The van der Waals surface area contributed by atoms with Crippen molar-refractivity contribution in [3.05, 3.63) is 34.9 Å². The molecule has 1 aromatic carbocycles. The van der Waals surface area contributed by atoms with Crippen LogP contribution in [0.5, 0.6) is 0 Å². The van der Waals surface area contributed by atoms with E-state index in [1.54, 1.807) is 0 Å². The quantitative estimate of drug-likeness (QED) is 0.408. The first-order valence-electron chi connectivity index (χ1n) is 7.96. The van der Waals surface area contributed by atoms with Crippen LogP contribution in [0.3, 0.4) is 0 Å². The Hall–Kier alpha value is -0.530. The van der Waals surface area contributed by atoms with Crippen LogP contribution >= 0.6 is 35.6 Å². The van der Waals surface area contributed by atoms with Crippen LogP contribution in [0.15, 0.2) is 29.3 Å². The van der Waals surface area contributed by atoms with Gasteiger partial charge in [0.2, 0.25) is 0 Å². The molecule has 0 radical (unpaired) electrons. The molecule has 3 N–H and O–H groups in total. The Morgan fingerprint density at radius 2 is 2.04 bits per heavy atom. The van der Waals surface area contributed by atoms with Gasteiger partial charge in [0, 0.05) is 29.7 Å². The van der Waals surface area contributed by atoms with Gasteiger partial charge in [-0.1, -0.05) is 36.7 Å². The maximum Gasteiger partial charge on any atom is 0.188 e. The number of halogens is 2. The Morgan fingerprint density at radius 1 is 1.39 bits per heavy atom. The van der Waals surface area contributed by atoms with Crippen molar-refractivity contribution >= 4 is 41.5 Å². The fraction of sp³-hybridized carbons (Fsp3) is 0.588. The summed E-state index contributed by atoms with van der Waals surface area (Å²) in [5.74, 6) is 0.507. The number of ether oxygens (including phenoxy) is 1. The van der Waals surface area contributed by atoms with Crippen LogP contribution in [-0.2, 0) is 10.2 Å². The third kappa shape index (κ3) is 5.50. The zero-order valence-corrected chi connectivity index (χ0v) is 16.9. The first-order chi connectivity index (χ1) is 10.6. The minimum absolute atomic E-state index is 0. The molecule has 6 heteroatoms. The fourth-order valence-corrected chi connectivity index (χ4v) is 3.14. The molecule has 0 aromatic heterocycles. The third-order valence-corrected chi connectivity index (χ3v) is 4.78. The summed E-state index contributed by atoms with van der Waals surface area (Å²) in [5.41, 5.74) is 7.08. The van der Waals surface area contributed by atoms with E-state index in [1.165, 1.54) is 0 Å². The van der Waals surface area contributed by atoms with Gasteiger partial charge in [-0.3, -0.25) is 4.99 Å². The number of hydrogen-bond acceptors (Lipinski definition) is 2. The topological polar surface area (TPSA) is 59.6 Å². The Balaban J connectivity index is 0.00000264. The molecule has 1 aromatic rings. The van der Waals surface area contributed by atoms with E-state index in [2.05, 4.69) is 30.2 Å². The largest absolute Gasteiger partial charge is 0.381 e. The lowest BCUT2D eigenvalue weighted by molar-refractivity contribution is 0.0531. The van der Waals surface area contributed by atoms with E-state index < -0.39 is 0 Å². The predicted molar refractivity (Wildman–Crippen MR) is 108 cm³/mol. The average molecular weight is 452 g/mol. The first-order valence-corrected chi connectivity index (χ1v) is 8.34. The lowest BCUT2D eigenvalue weighted by Gasteiger charge is -2.37. The molecule has 0 spiro atoms. The maximum absolute atomic E-state index is 6.43. The molecule has 0 saturated carbocycles. The molecule has 0 amide bonds. The third-order valence-electron chi connectivity index (χ3n) is 4.45. The van der Waals surface area contributed by atoms with Crippen LogP contribution in [0.2, 0.25) is 5.02 Å². The van der Waals surface area contributed by atoms with E-state index in [0.717, 1.165) is 43.1 Å². The van der Waals surface area contributed by atoms with Crippen LogP contribution in [0.4, 0.5) is 0 Å². The second-order valence-corrected chi connectivity index (χ2v) is 6.43. The summed E-state index contributed by atoms with van der Waals surface area (Å²) in [7, 11) is 0. The van der Waals surface area contributed by atoms with E-state index in [1.807, 2.05) is 18.2 Å². The molecule has 130 valence electrons. The van der Waals surface area contributed by atoms with Crippen LogP contribution in [0, 0.1) is 0 Å². The van der Waals surface area contributed by atoms with Gasteiger partial charge in [0.05, 0.1) is 6.54 Å². The van der Waals surface area contributed by atoms with Gasteiger partial charge < -0.3 is 15.8 Å². The predicted octanol–water partition coefficient (Wildman–Crippen LogP) is 3.71. The van der Waals surface area contributed by atoms with Crippen LogP contribution in [-0.4, -0.2) is 31.8 Å². The molecule has 0 aliphatic carbocycles. The number of nitrogens with zero attached hydrogens (tertiary/aromatic N) is 1. The second-order valence-electron chi connectivity index (χ2n) is 6.03. The molecular weight excluding hydrogens is 425 g/mol. The van der Waals surface area contributed by atoms with E-state index in [-0.39, 0.29) is 29.4 Å². The van der Waals surface area contributed by atoms with Gasteiger partial charge in [0.25, 0.3) is 0 Å². The van der Waals surface area contributed by atoms with E-state index in [9.17, 15) is 0 Å². The monoisotopic (exact) mass is 451 g/mol. The molecule has 1 unspecified atom stereocenters. The fourth-order valence-electron chi connectivity index (χ4n) is 2.80. The van der Waals surface area contributed by atoms with E-state index >= 15 is 0 Å².